The quantitative estimate of drug-likeness (QED) is 0.375. The molecule has 2 heterocycles. The maximum atomic E-state index is 13.2. The number of alkyl halides is 3. The summed E-state index contributed by atoms with van der Waals surface area (Å²) in [5.74, 6) is -3.62. The fourth-order valence-corrected chi connectivity index (χ4v) is 5.05. The Bertz CT molecular complexity index is 1480. The Balaban J connectivity index is 1.45. The van der Waals surface area contributed by atoms with Crippen molar-refractivity contribution in [3.8, 4) is 0 Å². The van der Waals surface area contributed by atoms with Crippen molar-refractivity contribution in [2.24, 2.45) is 5.92 Å². The summed E-state index contributed by atoms with van der Waals surface area (Å²) in [5.41, 5.74) is 0.210. The molecule has 0 bridgehead atoms. The number of anilines is 2. The van der Waals surface area contributed by atoms with Crippen LogP contribution in [-0.2, 0) is 36.6 Å². The number of halogens is 4. The van der Waals surface area contributed by atoms with Crippen molar-refractivity contribution in [1.29, 1.82) is 0 Å². The van der Waals surface area contributed by atoms with Gasteiger partial charge in [-0.15, -0.1) is 0 Å². The summed E-state index contributed by atoms with van der Waals surface area (Å²) in [6, 6.07) is 8.70. The zero-order chi connectivity index (χ0) is 30.8. The molecule has 2 unspecified atom stereocenters. The van der Waals surface area contributed by atoms with Gasteiger partial charge in [0.15, 0.2) is 0 Å². The van der Waals surface area contributed by atoms with Crippen LogP contribution in [0.1, 0.15) is 24.0 Å². The van der Waals surface area contributed by atoms with Gasteiger partial charge >= 0.3 is 6.18 Å². The second-order valence-electron chi connectivity index (χ2n) is 10.2. The summed E-state index contributed by atoms with van der Waals surface area (Å²) >= 11 is 5.79. The van der Waals surface area contributed by atoms with Gasteiger partial charge in [-0.1, -0.05) is 23.7 Å². The van der Waals surface area contributed by atoms with Crippen LogP contribution in [0.2, 0.25) is 5.02 Å². The molecule has 2 aromatic rings. The minimum absolute atomic E-state index is 0.00583. The van der Waals surface area contributed by atoms with E-state index in [1.165, 1.54) is 0 Å². The predicted octanol–water partition coefficient (Wildman–Crippen LogP) is 3.19. The number of rotatable bonds is 9. The summed E-state index contributed by atoms with van der Waals surface area (Å²) in [5, 5.41) is 7.12. The topological polar surface area (TPSA) is 128 Å². The molecule has 1 saturated heterocycles. The molecule has 0 aromatic heterocycles. The Morgan fingerprint density at radius 3 is 2.50 bits per heavy atom. The molecule has 4 rings (SSSR count). The van der Waals surface area contributed by atoms with Crippen LogP contribution < -0.4 is 16.0 Å². The van der Waals surface area contributed by atoms with Gasteiger partial charge in [-0.2, -0.15) is 13.2 Å². The van der Waals surface area contributed by atoms with Gasteiger partial charge in [0, 0.05) is 30.4 Å². The average Bonchev–Trinajstić information content (AvgIpc) is 3.15. The number of hydrogen-bond donors (Lipinski definition) is 3. The summed E-state index contributed by atoms with van der Waals surface area (Å²) in [7, 11) is 3.55. The SMILES string of the molecule is CN(C)CC(Cc1cccc(NC2=CC(=O)N(C3CCC(=O)NC3=O)C2=O)c1)C(=O)Nc1ccc(C(F)(F)F)c(Cl)c1. The number of hydrogen-bond acceptors (Lipinski definition) is 7. The van der Waals surface area contributed by atoms with Gasteiger partial charge in [0.1, 0.15) is 11.7 Å². The van der Waals surface area contributed by atoms with E-state index in [1.54, 1.807) is 43.3 Å². The minimum Gasteiger partial charge on any atom is -0.351 e. The van der Waals surface area contributed by atoms with Gasteiger partial charge in [0.05, 0.1) is 16.5 Å². The fourth-order valence-electron chi connectivity index (χ4n) is 4.76. The maximum absolute atomic E-state index is 13.2. The molecule has 0 radical (unpaired) electrons. The lowest BCUT2D eigenvalue weighted by atomic mass is 9.97. The fraction of sp³-hybridized carbons (Fsp3) is 0.321. The highest BCUT2D eigenvalue weighted by Gasteiger charge is 2.42. The first-order valence-corrected chi connectivity index (χ1v) is 13.2. The standard InChI is InChI=1S/C28H27ClF3N5O5/c1-36(2)14-16(25(40)34-18-6-7-19(20(29)12-18)28(30,31)32)10-15-4-3-5-17(11-15)33-21-13-24(39)37(27(21)42)22-8-9-23(38)35-26(22)41/h3-7,11-13,16,22,33H,8-10,14H2,1-2H3,(H,34,40)(H,35,38,41). The molecule has 5 amide bonds. The highest BCUT2D eigenvalue weighted by Crippen LogP contribution is 2.36. The zero-order valence-corrected chi connectivity index (χ0v) is 23.3. The van der Waals surface area contributed by atoms with Gasteiger partial charge in [0.2, 0.25) is 17.7 Å². The Kier molecular flexibility index (Phi) is 9.02. The van der Waals surface area contributed by atoms with Crippen molar-refractivity contribution < 1.29 is 37.1 Å². The number of carbonyl (C=O) groups is 5. The molecule has 2 atom stereocenters. The summed E-state index contributed by atoms with van der Waals surface area (Å²) in [4.78, 5) is 64.9. The van der Waals surface area contributed by atoms with E-state index in [1.807, 2.05) is 0 Å². The number of imide groups is 2. The Labute approximate surface area is 243 Å². The van der Waals surface area contributed by atoms with Crippen LogP contribution in [0.3, 0.4) is 0 Å². The second-order valence-corrected chi connectivity index (χ2v) is 10.6. The number of amides is 5. The average molecular weight is 606 g/mol. The van der Waals surface area contributed by atoms with Crippen LogP contribution in [0.15, 0.2) is 54.2 Å². The van der Waals surface area contributed by atoms with Gasteiger partial charge < -0.3 is 15.5 Å². The molecule has 42 heavy (non-hydrogen) atoms. The van der Waals surface area contributed by atoms with Crippen molar-refractivity contribution in [2.75, 3.05) is 31.3 Å². The molecular weight excluding hydrogens is 579 g/mol. The molecule has 2 aromatic carbocycles. The van der Waals surface area contributed by atoms with E-state index >= 15 is 0 Å². The third-order valence-electron chi connectivity index (χ3n) is 6.66. The van der Waals surface area contributed by atoms with E-state index in [9.17, 15) is 37.1 Å². The lowest BCUT2D eigenvalue weighted by Gasteiger charge is -2.28. The number of nitrogens with zero attached hydrogens (tertiary/aromatic N) is 2. The number of benzene rings is 2. The first-order chi connectivity index (χ1) is 19.7. The highest BCUT2D eigenvalue weighted by molar-refractivity contribution is 6.31. The number of piperidine rings is 1. The van der Waals surface area contributed by atoms with Crippen LogP contribution in [0.25, 0.3) is 0 Å². The molecule has 14 heteroatoms. The van der Waals surface area contributed by atoms with Gasteiger partial charge in [-0.05, 0) is 62.8 Å². The molecule has 10 nitrogen and oxygen atoms in total. The first kappa shape index (κ1) is 30.7. The largest absolute Gasteiger partial charge is 0.417 e. The third kappa shape index (κ3) is 7.15. The van der Waals surface area contributed by atoms with Crippen LogP contribution in [-0.4, -0.2) is 66.0 Å². The number of carbonyl (C=O) groups excluding carboxylic acids is 5. The molecule has 2 aliphatic heterocycles. The van der Waals surface area contributed by atoms with E-state index < -0.39 is 58.3 Å². The summed E-state index contributed by atoms with van der Waals surface area (Å²) in [6.07, 6.45) is -3.27. The molecule has 2 aliphatic rings. The monoisotopic (exact) mass is 605 g/mol. The molecule has 1 fully saturated rings. The van der Waals surface area contributed by atoms with E-state index in [0.717, 1.165) is 29.2 Å². The van der Waals surface area contributed by atoms with Crippen molar-refractivity contribution in [1.82, 2.24) is 15.1 Å². The minimum atomic E-state index is -4.62. The number of nitrogens with one attached hydrogen (secondary N) is 3. The predicted molar refractivity (Wildman–Crippen MR) is 147 cm³/mol. The summed E-state index contributed by atoms with van der Waals surface area (Å²) < 4.78 is 39.1. The van der Waals surface area contributed by atoms with Crippen molar-refractivity contribution in [3.05, 3.63) is 70.4 Å². The van der Waals surface area contributed by atoms with E-state index in [0.29, 0.717) is 17.8 Å². The molecule has 0 saturated carbocycles. The maximum Gasteiger partial charge on any atom is 0.417 e. The first-order valence-electron chi connectivity index (χ1n) is 12.8. The van der Waals surface area contributed by atoms with Crippen LogP contribution in [0.4, 0.5) is 24.5 Å². The van der Waals surface area contributed by atoms with E-state index in [-0.39, 0.29) is 30.6 Å². The Morgan fingerprint density at radius 1 is 1.12 bits per heavy atom. The molecule has 222 valence electrons. The van der Waals surface area contributed by atoms with Crippen molar-refractivity contribution in [2.45, 2.75) is 31.5 Å². The molecule has 3 N–H and O–H groups in total. The van der Waals surface area contributed by atoms with Crippen LogP contribution in [0, 0.1) is 5.92 Å². The lowest BCUT2D eigenvalue weighted by Crippen LogP contribution is -2.54. The second kappa shape index (κ2) is 12.3. The van der Waals surface area contributed by atoms with Crippen LogP contribution >= 0.6 is 11.6 Å². The Hall–Kier alpha value is -4.23. The van der Waals surface area contributed by atoms with Crippen LogP contribution in [0.5, 0.6) is 0 Å². The van der Waals surface area contributed by atoms with Gasteiger partial charge in [-0.3, -0.25) is 34.2 Å². The smallest absolute Gasteiger partial charge is 0.351 e. The van der Waals surface area contributed by atoms with E-state index in [2.05, 4.69) is 16.0 Å². The third-order valence-corrected chi connectivity index (χ3v) is 6.98. The molecule has 0 spiro atoms. The van der Waals surface area contributed by atoms with Gasteiger partial charge in [0.25, 0.3) is 11.8 Å². The summed E-state index contributed by atoms with van der Waals surface area (Å²) in [6.45, 7) is 0.316. The van der Waals surface area contributed by atoms with Crippen molar-refractivity contribution in [3.63, 3.8) is 0 Å². The normalized spacial score (nSPS) is 18.2. The Morgan fingerprint density at radius 2 is 1.86 bits per heavy atom. The van der Waals surface area contributed by atoms with Gasteiger partial charge in [-0.25, -0.2) is 0 Å². The van der Waals surface area contributed by atoms with Crippen molar-refractivity contribution >= 4 is 52.5 Å². The van der Waals surface area contributed by atoms with E-state index in [4.69, 9.17) is 11.6 Å². The highest BCUT2D eigenvalue weighted by atomic mass is 35.5. The zero-order valence-electron chi connectivity index (χ0n) is 22.5. The lowest BCUT2D eigenvalue weighted by molar-refractivity contribution is -0.149. The molecular formula is C28H27ClF3N5O5. The molecule has 0 aliphatic carbocycles.